The number of fused-ring (bicyclic) bond motifs is 2. The molecule has 3 aromatic rings. The maximum atomic E-state index is 9.29. The van der Waals surface area contributed by atoms with Gasteiger partial charge < -0.3 is 20.5 Å². The molecule has 3 N–H and O–H groups in total. The molecule has 0 aliphatic carbocycles. The zero-order chi connectivity index (χ0) is 18.5. The second kappa shape index (κ2) is 8.54. The topological polar surface area (TPSA) is 66.4 Å². The highest BCUT2D eigenvalue weighted by molar-refractivity contribution is 6.31. The van der Waals surface area contributed by atoms with E-state index in [1.54, 1.807) is 14.0 Å². The molecular formula is C20H24ClN3O2. The summed E-state index contributed by atoms with van der Waals surface area (Å²) in [6.45, 7) is 4.03. The number of ether oxygens (including phenoxy) is 1. The Morgan fingerprint density at radius 1 is 1.12 bits per heavy atom. The van der Waals surface area contributed by atoms with Gasteiger partial charge in [0.1, 0.15) is 5.75 Å². The first-order valence-corrected chi connectivity index (χ1v) is 9.16. The lowest BCUT2D eigenvalue weighted by Crippen LogP contribution is -2.26. The number of hydrogen-bond acceptors (Lipinski definition) is 5. The van der Waals surface area contributed by atoms with Crippen molar-refractivity contribution in [2.75, 3.05) is 32.1 Å². The van der Waals surface area contributed by atoms with Crippen molar-refractivity contribution in [3.63, 3.8) is 0 Å². The van der Waals surface area contributed by atoms with Crippen LogP contribution in [0, 0.1) is 0 Å². The van der Waals surface area contributed by atoms with Gasteiger partial charge in [0, 0.05) is 28.9 Å². The van der Waals surface area contributed by atoms with Crippen LogP contribution in [0.3, 0.4) is 0 Å². The predicted molar refractivity (Wildman–Crippen MR) is 108 cm³/mol. The van der Waals surface area contributed by atoms with E-state index in [1.807, 2.05) is 36.4 Å². The lowest BCUT2D eigenvalue weighted by molar-refractivity contribution is 0.191. The summed E-state index contributed by atoms with van der Waals surface area (Å²) < 4.78 is 5.38. The highest BCUT2D eigenvalue weighted by Gasteiger charge is 2.10. The van der Waals surface area contributed by atoms with E-state index in [4.69, 9.17) is 21.3 Å². The van der Waals surface area contributed by atoms with E-state index < -0.39 is 0 Å². The Kier molecular flexibility index (Phi) is 6.14. The molecule has 1 aromatic heterocycles. The van der Waals surface area contributed by atoms with E-state index in [1.165, 1.54) is 0 Å². The molecule has 0 unspecified atom stereocenters. The van der Waals surface area contributed by atoms with Gasteiger partial charge in [-0.15, -0.1) is 0 Å². The standard InChI is InChI=1S/C20H24ClN3O2/c1-13(25)12-22-8-3-9-23-20-16-6-4-14(21)10-19(16)24-18-7-5-15(26-2)11-17(18)20/h4-7,10-11,13,22,25H,3,8-9,12H2,1-2H3,(H,23,24)/t13-/m0/s1. The van der Waals surface area contributed by atoms with Crippen LogP contribution in [0.4, 0.5) is 5.69 Å². The maximum Gasteiger partial charge on any atom is 0.119 e. The first-order valence-electron chi connectivity index (χ1n) is 8.78. The van der Waals surface area contributed by atoms with Gasteiger partial charge >= 0.3 is 0 Å². The fourth-order valence-electron chi connectivity index (χ4n) is 2.95. The van der Waals surface area contributed by atoms with Crippen molar-refractivity contribution >= 4 is 39.1 Å². The molecule has 1 heterocycles. The molecule has 0 radical (unpaired) electrons. The van der Waals surface area contributed by atoms with Crippen LogP contribution in [-0.4, -0.2) is 42.9 Å². The lowest BCUT2D eigenvalue weighted by atomic mass is 10.1. The summed E-state index contributed by atoms with van der Waals surface area (Å²) >= 11 is 6.15. The van der Waals surface area contributed by atoms with E-state index in [2.05, 4.69) is 10.6 Å². The van der Waals surface area contributed by atoms with Gasteiger partial charge in [0.25, 0.3) is 0 Å². The number of aliphatic hydroxyl groups excluding tert-OH is 1. The molecule has 26 heavy (non-hydrogen) atoms. The second-order valence-electron chi connectivity index (χ2n) is 6.36. The Morgan fingerprint density at radius 2 is 1.96 bits per heavy atom. The first kappa shape index (κ1) is 18.7. The van der Waals surface area contributed by atoms with Crippen LogP contribution in [0.5, 0.6) is 5.75 Å². The van der Waals surface area contributed by atoms with Crippen molar-refractivity contribution in [3.05, 3.63) is 41.4 Å². The third-order valence-corrected chi connectivity index (χ3v) is 4.45. The molecule has 5 nitrogen and oxygen atoms in total. The third kappa shape index (κ3) is 4.36. The van der Waals surface area contributed by atoms with Crippen molar-refractivity contribution in [1.29, 1.82) is 0 Å². The van der Waals surface area contributed by atoms with Gasteiger partial charge in [-0.3, -0.25) is 0 Å². The fraction of sp³-hybridized carbons (Fsp3) is 0.350. The van der Waals surface area contributed by atoms with Gasteiger partial charge in [-0.25, -0.2) is 4.98 Å². The number of anilines is 1. The fourth-order valence-corrected chi connectivity index (χ4v) is 3.12. The normalized spacial score (nSPS) is 12.5. The number of aliphatic hydroxyl groups is 1. The highest BCUT2D eigenvalue weighted by atomic mass is 35.5. The first-order chi connectivity index (χ1) is 12.6. The second-order valence-corrected chi connectivity index (χ2v) is 6.80. The maximum absolute atomic E-state index is 9.29. The minimum Gasteiger partial charge on any atom is -0.497 e. The summed E-state index contributed by atoms with van der Waals surface area (Å²) in [6, 6.07) is 11.6. The van der Waals surface area contributed by atoms with Gasteiger partial charge in [-0.05, 0) is 56.3 Å². The summed E-state index contributed by atoms with van der Waals surface area (Å²) in [5.41, 5.74) is 2.80. The van der Waals surface area contributed by atoms with E-state index in [9.17, 15) is 5.11 Å². The zero-order valence-corrected chi connectivity index (χ0v) is 15.8. The predicted octanol–water partition coefficient (Wildman–Crippen LogP) is 3.82. The number of methoxy groups -OCH3 is 1. The van der Waals surface area contributed by atoms with Crippen LogP contribution < -0.4 is 15.4 Å². The smallest absolute Gasteiger partial charge is 0.119 e. The minimum atomic E-state index is -0.326. The van der Waals surface area contributed by atoms with Gasteiger partial charge in [-0.2, -0.15) is 0 Å². The Morgan fingerprint density at radius 3 is 2.73 bits per heavy atom. The molecule has 6 heteroatoms. The molecule has 0 bridgehead atoms. The number of halogens is 1. The quantitative estimate of drug-likeness (QED) is 0.413. The number of rotatable bonds is 8. The number of pyridine rings is 1. The monoisotopic (exact) mass is 373 g/mol. The van der Waals surface area contributed by atoms with E-state index in [0.717, 1.165) is 52.8 Å². The molecule has 1 atom stereocenters. The van der Waals surface area contributed by atoms with Crippen molar-refractivity contribution in [2.24, 2.45) is 0 Å². The Hall–Kier alpha value is -2.08. The number of nitrogens with zero attached hydrogens (tertiary/aromatic N) is 1. The van der Waals surface area contributed by atoms with Crippen molar-refractivity contribution in [1.82, 2.24) is 10.3 Å². The molecular weight excluding hydrogens is 350 g/mol. The molecule has 0 aliphatic rings. The van der Waals surface area contributed by atoms with Crippen molar-refractivity contribution in [3.8, 4) is 5.75 Å². The number of benzene rings is 2. The van der Waals surface area contributed by atoms with Crippen LogP contribution in [-0.2, 0) is 0 Å². The molecule has 2 aromatic carbocycles. The molecule has 3 rings (SSSR count). The summed E-state index contributed by atoms with van der Waals surface area (Å²) in [5.74, 6) is 0.800. The van der Waals surface area contributed by atoms with Crippen LogP contribution in [0.15, 0.2) is 36.4 Å². The Labute approximate surface area is 158 Å². The molecule has 0 saturated carbocycles. The van der Waals surface area contributed by atoms with E-state index in [0.29, 0.717) is 11.6 Å². The summed E-state index contributed by atoms with van der Waals surface area (Å²) in [5, 5.41) is 18.8. The van der Waals surface area contributed by atoms with E-state index in [-0.39, 0.29) is 6.10 Å². The Balaban J connectivity index is 1.88. The largest absolute Gasteiger partial charge is 0.497 e. The summed E-state index contributed by atoms with van der Waals surface area (Å²) in [6.07, 6.45) is 0.614. The van der Waals surface area contributed by atoms with Crippen molar-refractivity contribution < 1.29 is 9.84 Å². The van der Waals surface area contributed by atoms with Crippen molar-refractivity contribution in [2.45, 2.75) is 19.4 Å². The number of aromatic nitrogens is 1. The molecule has 0 saturated heterocycles. The minimum absolute atomic E-state index is 0.326. The molecule has 138 valence electrons. The summed E-state index contributed by atoms with van der Waals surface area (Å²) in [7, 11) is 1.66. The van der Waals surface area contributed by atoms with Gasteiger partial charge in [0.15, 0.2) is 0 Å². The number of nitrogens with one attached hydrogen (secondary N) is 2. The zero-order valence-electron chi connectivity index (χ0n) is 15.1. The van der Waals surface area contributed by atoms with E-state index >= 15 is 0 Å². The van der Waals surface area contributed by atoms with Gasteiger partial charge in [0.2, 0.25) is 0 Å². The van der Waals surface area contributed by atoms with Gasteiger partial charge in [-0.1, -0.05) is 11.6 Å². The van der Waals surface area contributed by atoms with Crippen LogP contribution in [0.2, 0.25) is 5.02 Å². The van der Waals surface area contributed by atoms with Gasteiger partial charge in [0.05, 0.1) is 29.9 Å². The third-order valence-electron chi connectivity index (χ3n) is 4.21. The number of hydrogen-bond donors (Lipinski definition) is 3. The Bertz CT molecular complexity index is 899. The average Bonchev–Trinajstić information content (AvgIpc) is 2.62. The summed E-state index contributed by atoms with van der Waals surface area (Å²) in [4.78, 5) is 4.73. The highest BCUT2D eigenvalue weighted by Crippen LogP contribution is 2.34. The average molecular weight is 374 g/mol. The molecule has 0 fully saturated rings. The van der Waals surface area contributed by atoms with Crippen LogP contribution >= 0.6 is 11.6 Å². The molecule has 0 amide bonds. The SMILES string of the molecule is COc1ccc2nc3cc(Cl)ccc3c(NCCCNC[C@H](C)O)c2c1. The van der Waals surface area contributed by atoms with Crippen LogP contribution in [0.1, 0.15) is 13.3 Å². The van der Waals surface area contributed by atoms with Crippen LogP contribution in [0.25, 0.3) is 21.8 Å². The lowest BCUT2D eigenvalue weighted by Gasteiger charge is -2.14. The molecule has 0 spiro atoms. The molecule has 0 aliphatic heterocycles.